The van der Waals surface area contributed by atoms with E-state index in [1.165, 1.54) is 42.7 Å². The number of carboxylic acid groups (broad SMARTS) is 1. The fraction of sp³-hybridized carbons (Fsp3) is 0.0435. The van der Waals surface area contributed by atoms with Gasteiger partial charge in [-0.1, -0.05) is 18.2 Å². The van der Waals surface area contributed by atoms with Crippen molar-refractivity contribution in [3.05, 3.63) is 84.3 Å². The molecule has 0 spiro atoms. The number of anilines is 3. The zero-order valence-corrected chi connectivity index (χ0v) is 17.2. The number of aromatic nitrogens is 3. The molecule has 4 N–H and O–H groups in total. The number of nitrogens with zero attached hydrogens (tertiary/aromatic N) is 3. The standard InChI is InChI=1S/C23H16F3N5O3/c24-23(25,26)18-4-2-1-3-16(18)17-12-29-22(27)31-20(17)30-13-5-7-14(8-6-13)34-15-9-10-28-19(11-15)21(32)33/h1-12H,(H,32,33)(H3,27,29,30,31). The number of halogens is 3. The van der Waals surface area contributed by atoms with Crippen LogP contribution in [-0.4, -0.2) is 26.0 Å². The molecule has 4 rings (SSSR count). The van der Waals surface area contributed by atoms with Crippen molar-refractivity contribution in [3.8, 4) is 22.6 Å². The lowest BCUT2D eigenvalue weighted by molar-refractivity contribution is -0.137. The van der Waals surface area contributed by atoms with E-state index in [-0.39, 0.29) is 34.3 Å². The molecule has 0 unspecified atom stereocenters. The van der Waals surface area contributed by atoms with E-state index in [4.69, 9.17) is 15.6 Å². The molecule has 0 amide bonds. The highest BCUT2D eigenvalue weighted by Crippen LogP contribution is 2.39. The summed E-state index contributed by atoms with van der Waals surface area (Å²) in [6.07, 6.45) is -2.02. The number of carbonyl (C=O) groups is 1. The second kappa shape index (κ2) is 9.06. The number of nitrogens with two attached hydrogens (primary N) is 1. The molecule has 172 valence electrons. The third kappa shape index (κ3) is 5.04. The smallest absolute Gasteiger partial charge is 0.417 e. The van der Waals surface area contributed by atoms with Gasteiger partial charge < -0.3 is 20.9 Å². The van der Waals surface area contributed by atoms with E-state index in [0.717, 1.165) is 6.07 Å². The Morgan fingerprint density at radius 2 is 1.71 bits per heavy atom. The molecule has 2 aromatic carbocycles. The van der Waals surface area contributed by atoms with Gasteiger partial charge in [-0.05, 0) is 42.0 Å². The Labute approximate surface area is 190 Å². The number of hydrogen-bond donors (Lipinski definition) is 3. The van der Waals surface area contributed by atoms with E-state index < -0.39 is 17.7 Å². The molecular weight excluding hydrogens is 451 g/mol. The Kier molecular flexibility index (Phi) is 6.00. The van der Waals surface area contributed by atoms with Gasteiger partial charge in [-0.2, -0.15) is 18.2 Å². The van der Waals surface area contributed by atoms with Gasteiger partial charge in [0.05, 0.1) is 5.56 Å². The van der Waals surface area contributed by atoms with Crippen molar-refractivity contribution in [2.45, 2.75) is 6.18 Å². The summed E-state index contributed by atoms with van der Waals surface area (Å²) in [5.41, 5.74) is 5.22. The summed E-state index contributed by atoms with van der Waals surface area (Å²) in [5, 5.41) is 12.0. The first kappa shape index (κ1) is 22.5. The zero-order chi connectivity index (χ0) is 24.3. The number of ether oxygens (including phenoxy) is 1. The number of pyridine rings is 1. The van der Waals surface area contributed by atoms with Crippen LogP contribution in [0.1, 0.15) is 16.1 Å². The third-order valence-corrected chi connectivity index (χ3v) is 4.63. The van der Waals surface area contributed by atoms with E-state index in [2.05, 4.69) is 20.3 Å². The molecule has 0 fully saturated rings. The molecule has 0 aliphatic carbocycles. The lowest BCUT2D eigenvalue weighted by Crippen LogP contribution is -2.09. The van der Waals surface area contributed by atoms with Crippen LogP contribution in [0.15, 0.2) is 73.1 Å². The molecule has 0 aliphatic rings. The lowest BCUT2D eigenvalue weighted by Gasteiger charge is -2.16. The van der Waals surface area contributed by atoms with Crippen LogP contribution in [0.4, 0.5) is 30.6 Å². The van der Waals surface area contributed by atoms with Gasteiger partial charge in [-0.15, -0.1) is 0 Å². The van der Waals surface area contributed by atoms with Crippen LogP contribution in [0.2, 0.25) is 0 Å². The first-order valence-corrected chi connectivity index (χ1v) is 9.74. The van der Waals surface area contributed by atoms with Gasteiger partial charge in [0.15, 0.2) is 5.69 Å². The molecule has 0 aliphatic heterocycles. The summed E-state index contributed by atoms with van der Waals surface area (Å²) >= 11 is 0. The summed E-state index contributed by atoms with van der Waals surface area (Å²) in [6.45, 7) is 0. The van der Waals surface area contributed by atoms with Crippen molar-refractivity contribution in [2.75, 3.05) is 11.1 Å². The molecule has 0 bridgehead atoms. The number of benzene rings is 2. The molecule has 4 aromatic rings. The minimum Gasteiger partial charge on any atom is -0.477 e. The van der Waals surface area contributed by atoms with Crippen molar-refractivity contribution >= 4 is 23.4 Å². The average molecular weight is 467 g/mol. The van der Waals surface area contributed by atoms with Gasteiger partial charge >= 0.3 is 12.1 Å². The number of rotatable bonds is 6. The van der Waals surface area contributed by atoms with E-state index in [9.17, 15) is 18.0 Å². The summed E-state index contributed by atoms with van der Waals surface area (Å²) in [7, 11) is 0. The number of alkyl halides is 3. The van der Waals surface area contributed by atoms with Crippen LogP contribution in [0.25, 0.3) is 11.1 Å². The van der Waals surface area contributed by atoms with Crippen LogP contribution in [0.5, 0.6) is 11.5 Å². The predicted molar refractivity (Wildman–Crippen MR) is 118 cm³/mol. The molecule has 2 aromatic heterocycles. The van der Waals surface area contributed by atoms with Crippen LogP contribution in [-0.2, 0) is 6.18 Å². The summed E-state index contributed by atoms with van der Waals surface area (Å²) in [5.74, 6) is -0.515. The SMILES string of the molecule is Nc1ncc(-c2ccccc2C(F)(F)F)c(Nc2ccc(Oc3ccnc(C(=O)O)c3)cc2)n1. The fourth-order valence-electron chi connectivity index (χ4n) is 3.12. The molecule has 8 nitrogen and oxygen atoms in total. The highest BCUT2D eigenvalue weighted by molar-refractivity contribution is 5.85. The normalized spacial score (nSPS) is 11.1. The Hall–Kier alpha value is -4.67. The van der Waals surface area contributed by atoms with Crippen molar-refractivity contribution in [3.63, 3.8) is 0 Å². The maximum absolute atomic E-state index is 13.5. The maximum atomic E-state index is 13.5. The van der Waals surface area contributed by atoms with E-state index in [0.29, 0.717) is 11.4 Å². The minimum atomic E-state index is -4.57. The van der Waals surface area contributed by atoms with Gasteiger partial charge in [-0.25, -0.2) is 14.8 Å². The molecule has 0 saturated carbocycles. The molecule has 0 saturated heterocycles. The average Bonchev–Trinajstić information content (AvgIpc) is 2.80. The monoisotopic (exact) mass is 467 g/mol. The number of hydrogen-bond acceptors (Lipinski definition) is 7. The molecule has 0 radical (unpaired) electrons. The molecule has 2 heterocycles. The second-order valence-corrected chi connectivity index (χ2v) is 6.97. The summed E-state index contributed by atoms with van der Waals surface area (Å²) in [4.78, 5) is 22.7. The molecule has 11 heteroatoms. The molecular formula is C23H16F3N5O3. The topological polar surface area (TPSA) is 123 Å². The number of aromatic carboxylic acids is 1. The van der Waals surface area contributed by atoms with Crippen LogP contribution >= 0.6 is 0 Å². The molecule has 0 atom stereocenters. The first-order valence-electron chi connectivity index (χ1n) is 9.74. The Morgan fingerprint density at radius 3 is 2.41 bits per heavy atom. The van der Waals surface area contributed by atoms with Crippen molar-refractivity contribution in [1.29, 1.82) is 0 Å². The van der Waals surface area contributed by atoms with Crippen molar-refractivity contribution in [2.24, 2.45) is 0 Å². The van der Waals surface area contributed by atoms with Crippen molar-refractivity contribution < 1.29 is 27.8 Å². The Morgan fingerprint density at radius 1 is 0.971 bits per heavy atom. The first-order chi connectivity index (χ1) is 16.2. The van der Waals surface area contributed by atoms with Gasteiger partial charge in [0, 0.05) is 29.7 Å². The number of carboxylic acids is 1. The summed E-state index contributed by atoms with van der Waals surface area (Å²) in [6, 6.07) is 14.3. The van der Waals surface area contributed by atoms with Crippen LogP contribution in [0, 0.1) is 0 Å². The maximum Gasteiger partial charge on any atom is 0.417 e. The Balaban J connectivity index is 1.60. The highest BCUT2D eigenvalue weighted by atomic mass is 19.4. The highest BCUT2D eigenvalue weighted by Gasteiger charge is 2.34. The van der Waals surface area contributed by atoms with Crippen LogP contribution < -0.4 is 15.8 Å². The van der Waals surface area contributed by atoms with Gasteiger partial charge in [0.1, 0.15) is 17.3 Å². The number of nitrogens with one attached hydrogen (secondary N) is 1. The zero-order valence-electron chi connectivity index (χ0n) is 17.2. The van der Waals surface area contributed by atoms with Gasteiger partial charge in [0.2, 0.25) is 5.95 Å². The minimum absolute atomic E-state index is 0.0932. The largest absolute Gasteiger partial charge is 0.477 e. The second-order valence-electron chi connectivity index (χ2n) is 6.97. The number of nitrogen functional groups attached to an aromatic ring is 1. The molecule has 34 heavy (non-hydrogen) atoms. The Bertz CT molecular complexity index is 1340. The van der Waals surface area contributed by atoms with Crippen molar-refractivity contribution in [1.82, 2.24) is 15.0 Å². The quantitative estimate of drug-likeness (QED) is 0.346. The lowest BCUT2D eigenvalue weighted by atomic mass is 10.0. The fourth-order valence-corrected chi connectivity index (χ4v) is 3.12. The van der Waals surface area contributed by atoms with Gasteiger partial charge in [-0.3, -0.25) is 0 Å². The van der Waals surface area contributed by atoms with Gasteiger partial charge in [0.25, 0.3) is 0 Å². The van der Waals surface area contributed by atoms with E-state index in [1.807, 2.05) is 0 Å². The van der Waals surface area contributed by atoms with Crippen LogP contribution in [0.3, 0.4) is 0 Å². The van der Waals surface area contributed by atoms with E-state index in [1.54, 1.807) is 24.3 Å². The summed E-state index contributed by atoms with van der Waals surface area (Å²) < 4.78 is 46.2. The van der Waals surface area contributed by atoms with E-state index >= 15 is 0 Å². The predicted octanol–water partition coefficient (Wildman–Crippen LogP) is 5.37. The third-order valence-electron chi connectivity index (χ3n) is 4.63.